The lowest BCUT2D eigenvalue weighted by atomic mass is 10.1. The van der Waals surface area contributed by atoms with Gasteiger partial charge >= 0.3 is 0 Å². The highest BCUT2D eigenvalue weighted by atomic mass is 16.2. The molecule has 0 aromatic carbocycles. The maximum atomic E-state index is 12.1. The Morgan fingerprint density at radius 2 is 2.17 bits per heavy atom. The lowest BCUT2D eigenvalue weighted by molar-refractivity contribution is -0.129. The first kappa shape index (κ1) is 15.5. The first-order chi connectivity index (χ1) is 11.2. The number of carbonyl (C=O) groups excluding carboxylic acids is 2. The number of nitriles is 1. The summed E-state index contributed by atoms with van der Waals surface area (Å²) >= 11 is 0. The molecule has 6 heteroatoms. The van der Waals surface area contributed by atoms with Crippen LogP contribution in [0.2, 0.25) is 0 Å². The highest BCUT2D eigenvalue weighted by Gasteiger charge is 2.35. The summed E-state index contributed by atoms with van der Waals surface area (Å²) in [5, 5.41) is 11.6. The number of nitrogens with one attached hydrogen (secondary N) is 1. The van der Waals surface area contributed by atoms with E-state index in [0.717, 1.165) is 19.4 Å². The molecule has 1 N–H and O–H groups in total. The zero-order chi connectivity index (χ0) is 16.2. The fraction of sp³-hybridized carbons (Fsp3) is 0.529. The molecule has 2 amide bonds. The van der Waals surface area contributed by atoms with Crippen molar-refractivity contribution in [3.05, 3.63) is 29.6 Å². The molecule has 1 aliphatic carbocycles. The van der Waals surface area contributed by atoms with Gasteiger partial charge in [-0.1, -0.05) is 12.8 Å². The molecule has 120 valence electrons. The Balaban J connectivity index is 1.51. The molecule has 2 heterocycles. The van der Waals surface area contributed by atoms with Gasteiger partial charge in [0.25, 0.3) is 5.91 Å². The van der Waals surface area contributed by atoms with Crippen LogP contribution in [-0.4, -0.2) is 40.8 Å². The van der Waals surface area contributed by atoms with Crippen LogP contribution in [0.25, 0.3) is 0 Å². The van der Waals surface area contributed by atoms with Crippen molar-refractivity contribution < 1.29 is 9.59 Å². The van der Waals surface area contributed by atoms with Gasteiger partial charge in [0.05, 0.1) is 5.56 Å². The molecule has 0 radical (unpaired) electrons. The van der Waals surface area contributed by atoms with Crippen molar-refractivity contribution in [1.82, 2.24) is 15.2 Å². The summed E-state index contributed by atoms with van der Waals surface area (Å²) in [6.07, 6.45) is 6.56. The Kier molecular flexibility index (Phi) is 4.56. The highest BCUT2D eigenvalue weighted by Crippen LogP contribution is 2.29. The molecule has 0 bridgehead atoms. The predicted molar refractivity (Wildman–Crippen MR) is 83.4 cm³/mol. The van der Waals surface area contributed by atoms with Crippen LogP contribution < -0.4 is 5.32 Å². The lowest BCUT2D eigenvalue weighted by Crippen LogP contribution is -2.36. The predicted octanol–water partition coefficient (Wildman–Crippen LogP) is 1.47. The number of pyridine rings is 1. The van der Waals surface area contributed by atoms with Gasteiger partial charge in [-0.25, -0.2) is 4.98 Å². The molecule has 6 nitrogen and oxygen atoms in total. The lowest BCUT2D eigenvalue weighted by Gasteiger charge is -2.24. The number of nitrogens with zero attached hydrogens (tertiary/aromatic N) is 3. The van der Waals surface area contributed by atoms with E-state index in [1.54, 1.807) is 6.07 Å². The van der Waals surface area contributed by atoms with Crippen LogP contribution in [0.5, 0.6) is 0 Å². The zero-order valence-corrected chi connectivity index (χ0v) is 13.0. The standard InChI is InChI=1S/C17H20N4O2/c18-8-14-6-5-13(10-19-14)17(23)20-9-12-7-16(22)21(11-12)15-3-1-2-4-15/h5-6,10,12,15H,1-4,7,9,11H2,(H,20,23)/t12-/m1/s1. The van der Waals surface area contributed by atoms with Gasteiger partial charge in [-0.3, -0.25) is 9.59 Å². The van der Waals surface area contributed by atoms with E-state index < -0.39 is 0 Å². The topological polar surface area (TPSA) is 86.1 Å². The smallest absolute Gasteiger partial charge is 0.252 e. The number of amides is 2. The summed E-state index contributed by atoms with van der Waals surface area (Å²) in [6, 6.07) is 5.44. The van der Waals surface area contributed by atoms with Gasteiger partial charge in [0.15, 0.2) is 0 Å². The molecule has 1 saturated carbocycles. The van der Waals surface area contributed by atoms with Crippen molar-refractivity contribution in [3.63, 3.8) is 0 Å². The van der Waals surface area contributed by atoms with Gasteiger partial charge in [0.2, 0.25) is 5.91 Å². The summed E-state index contributed by atoms with van der Waals surface area (Å²) < 4.78 is 0. The van der Waals surface area contributed by atoms with Crippen molar-refractivity contribution in [1.29, 1.82) is 5.26 Å². The van der Waals surface area contributed by atoms with Crippen LogP contribution in [0, 0.1) is 17.2 Å². The fourth-order valence-electron chi connectivity index (χ4n) is 3.45. The minimum atomic E-state index is -0.214. The van der Waals surface area contributed by atoms with Crippen LogP contribution in [-0.2, 0) is 4.79 Å². The second kappa shape index (κ2) is 6.78. The monoisotopic (exact) mass is 312 g/mol. The number of carbonyl (C=O) groups is 2. The second-order valence-corrected chi connectivity index (χ2v) is 6.31. The van der Waals surface area contributed by atoms with Crippen LogP contribution in [0.4, 0.5) is 0 Å². The van der Waals surface area contributed by atoms with Crippen molar-refractivity contribution in [2.75, 3.05) is 13.1 Å². The molecule has 1 atom stereocenters. The number of hydrogen-bond donors (Lipinski definition) is 1. The van der Waals surface area contributed by atoms with Crippen LogP contribution >= 0.6 is 0 Å². The van der Waals surface area contributed by atoms with E-state index in [0.29, 0.717) is 24.6 Å². The highest BCUT2D eigenvalue weighted by molar-refractivity contribution is 5.94. The Labute approximate surface area is 135 Å². The van der Waals surface area contributed by atoms with Crippen molar-refractivity contribution in [2.45, 2.75) is 38.1 Å². The molecule has 2 fully saturated rings. The quantitative estimate of drug-likeness (QED) is 0.912. The number of rotatable bonds is 4. The summed E-state index contributed by atoms with van der Waals surface area (Å²) in [6.45, 7) is 1.24. The molecule has 2 aliphatic rings. The van der Waals surface area contributed by atoms with E-state index in [1.165, 1.54) is 25.1 Å². The summed E-state index contributed by atoms with van der Waals surface area (Å²) in [7, 11) is 0. The van der Waals surface area contributed by atoms with Gasteiger partial charge in [0, 0.05) is 37.7 Å². The van der Waals surface area contributed by atoms with Crippen molar-refractivity contribution in [3.8, 4) is 6.07 Å². The van der Waals surface area contributed by atoms with Gasteiger partial charge in [0.1, 0.15) is 11.8 Å². The maximum absolute atomic E-state index is 12.1. The first-order valence-electron chi connectivity index (χ1n) is 8.11. The molecular weight excluding hydrogens is 292 g/mol. The molecule has 1 aromatic rings. The van der Waals surface area contributed by atoms with Crippen molar-refractivity contribution in [2.24, 2.45) is 5.92 Å². The number of hydrogen-bond acceptors (Lipinski definition) is 4. The molecule has 23 heavy (non-hydrogen) atoms. The van der Waals surface area contributed by atoms with Gasteiger partial charge < -0.3 is 10.2 Å². The first-order valence-corrected chi connectivity index (χ1v) is 8.11. The Morgan fingerprint density at radius 1 is 1.39 bits per heavy atom. The molecule has 0 spiro atoms. The Bertz CT molecular complexity index is 629. The molecule has 1 aromatic heterocycles. The molecule has 0 unspecified atom stereocenters. The number of likely N-dealkylation sites (tertiary alicyclic amines) is 1. The Hall–Kier alpha value is -2.42. The molecule has 1 aliphatic heterocycles. The second-order valence-electron chi connectivity index (χ2n) is 6.31. The summed E-state index contributed by atoms with van der Waals surface area (Å²) in [5.74, 6) is 0.184. The molecule has 3 rings (SSSR count). The summed E-state index contributed by atoms with van der Waals surface area (Å²) in [4.78, 5) is 30.1. The van der Waals surface area contributed by atoms with Crippen LogP contribution in [0.3, 0.4) is 0 Å². The minimum Gasteiger partial charge on any atom is -0.352 e. The van der Waals surface area contributed by atoms with E-state index in [-0.39, 0.29) is 23.4 Å². The van der Waals surface area contributed by atoms with Gasteiger partial charge in [-0.05, 0) is 25.0 Å². The molecule has 1 saturated heterocycles. The van der Waals surface area contributed by atoms with Crippen molar-refractivity contribution >= 4 is 11.8 Å². The zero-order valence-electron chi connectivity index (χ0n) is 13.0. The van der Waals surface area contributed by atoms with E-state index in [1.807, 2.05) is 11.0 Å². The van der Waals surface area contributed by atoms with Gasteiger partial charge in [-0.2, -0.15) is 5.26 Å². The van der Waals surface area contributed by atoms with Gasteiger partial charge in [-0.15, -0.1) is 0 Å². The van der Waals surface area contributed by atoms with Crippen LogP contribution in [0.15, 0.2) is 18.3 Å². The Morgan fingerprint density at radius 3 is 2.83 bits per heavy atom. The van der Waals surface area contributed by atoms with E-state index in [4.69, 9.17) is 5.26 Å². The SMILES string of the molecule is N#Cc1ccc(C(=O)NC[C@H]2CC(=O)N(C3CCCC3)C2)cn1. The minimum absolute atomic E-state index is 0.179. The normalized spacial score (nSPS) is 21.4. The average molecular weight is 312 g/mol. The van der Waals surface area contributed by atoms with E-state index >= 15 is 0 Å². The van der Waals surface area contributed by atoms with Crippen LogP contribution in [0.1, 0.15) is 48.2 Å². The third kappa shape index (κ3) is 3.50. The third-order valence-corrected chi connectivity index (χ3v) is 4.70. The maximum Gasteiger partial charge on any atom is 0.252 e. The summed E-state index contributed by atoms with van der Waals surface area (Å²) in [5.41, 5.74) is 0.719. The number of aromatic nitrogens is 1. The average Bonchev–Trinajstić information content (AvgIpc) is 3.22. The van der Waals surface area contributed by atoms with E-state index in [9.17, 15) is 9.59 Å². The molecular formula is C17H20N4O2. The third-order valence-electron chi connectivity index (χ3n) is 4.70. The fourth-order valence-corrected chi connectivity index (χ4v) is 3.45. The largest absolute Gasteiger partial charge is 0.352 e. The van der Waals surface area contributed by atoms with E-state index in [2.05, 4.69) is 10.3 Å².